The highest BCUT2D eigenvalue weighted by atomic mass is 35.5. The van der Waals surface area contributed by atoms with Crippen molar-refractivity contribution in [2.75, 3.05) is 18.5 Å². The van der Waals surface area contributed by atoms with Gasteiger partial charge >= 0.3 is 0 Å². The topological polar surface area (TPSA) is 3.24 Å². The Balaban J connectivity index is 2.60. The maximum Gasteiger partial charge on any atom is 0.0505 e. The Morgan fingerprint density at radius 3 is 2.92 bits per heavy atom. The summed E-state index contributed by atoms with van der Waals surface area (Å²) in [5.74, 6) is 0. The molecule has 1 rings (SSSR count). The summed E-state index contributed by atoms with van der Waals surface area (Å²) in [6.07, 6.45) is 2.43. The lowest BCUT2D eigenvalue weighted by Gasteiger charge is -2.18. The Kier molecular flexibility index (Phi) is 4.10. The Morgan fingerprint density at radius 1 is 1.54 bits per heavy atom. The number of anilines is 1. The molecule has 0 saturated carbocycles. The molecule has 0 aliphatic rings. The highest BCUT2D eigenvalue weighted by Gasteiger charge is 1.99. The third-order valence-electron chi connectivity index (χ3n) is 2.04. The molecule has 0 spiro atoms. The van der Waals surface area contributed by atoms with Crippen LogP contribution in [0.2, 0.25) is 5.02 Å². The zero-order valence-corrected chi connectivity index (χ0v) is 8.93. The molecule has 13 heavy (non-hydrogen) atoms. The summed E-state index contributed by atoms with van der Waals surface area (Å²) < 4.78 is 0. The van der Waals surface area contributed by atoms with E-state index in [1.165, 1.54) is 12.8 Å². The fraction of sp³-hybridized carbons (Fsp3) is 0.455. The molecule has 0 heterocycles. The molecule has 1 nitrogen and oxygen atoms in total. The first kappa shape index (κ1) is 10.4. The summed E-state index contributed by atoms with van der Waals surface area (Å²) in [7, 11) is 2.08. The number of halogens is 1. The van der Waals surface area contributed by atoms with Crippen LogP contribution >= 0.6 is 11.6 Å². The summed E-state index contributed by atoms with van der Waals surface area (Å²) >= 11 is 5.84. The highest BCUT2D eigenvalue weighted by Crippen LogP contribution is 2.17. The van der Waals surface area contributed by atoms with E-state index in [4.69, 9.17) is 11.6 Å². The van der Waals surface area contributed by atoms with Crippen LogP contribution in [0.3, 0.4) is 0 Å². The number of nitrogens with zero attached hydrogens (tertiary/aromatic N) is 1. The van der Waals surface area contributed by atoms with E-state index in [9.17, 15) is 0 Å². The second kappa shape index (κ2) is 5.13. The first-order chi connectivity index (χ1) is 6.24. The summed E-state index contributed by atoms with van der Waals surface area (Å²) in [5, 5.41) is 0.681. The van der Waals surface area contributed by atoms with Crippen LogP contribution in [0.25, 0.3) is 0 Å². The SMILES string of the molecule is CCCCN(C)c1cc[c]c(Cl)c1. The number of hydrogen-bond acceptors (Lipinski definition) is 1. The molecule has 1 radical (unpaired) electrons. The van der Waals surface area contributed by atoms with Gasteiger partial charge in [0, 0.05) is 25.3 Å². The summed E-state index contributed by atoms with van der Waals surface area (Å²) in [5.41, 5.74) is 1.16. The largest absolute Gasteiger partial charge is 0.375 e. The molecule has 2 heteroatoms. The van der Waals surface area contributed by atoms with Gasteiger partial charge in [-0.05, 0) is 18.6 Å². The predicted molar refractivity (Wildman–Crippen MR) is 58.5 cm³/mol. The summed E-state index contributed by atoms with van der Waals surface area (Å²) in [4.78, 5) is 2.21. The van der Waals surface area contributed by atoms with Crippen molar-refractivity contribution in [3.8, 4) is 0 Å². The third-order valence-corrected chi connectivity index (χ3v) is 2.26. The fourth-order valence-electron chi connectivity index (χ4n) is 1.19. The van der Waals surface area contributed by atoms with Crippen LogP contribution in [0.4, 0.5) is 5.69 Å². The van der Waals surface area contributed by atoms with Gasteiger partial charge in [0.25, 0.3) is 0 Å². The van der Waals surface area contributed by atoms with E-state index < -0.39 is 0 Å². The summed E-state index contributed by atoms with van der Waals surface area (Å²) in [6, 6.07) is 8.75. The predicted octanol–water partition coefficient (Wildman–Crippen LogP) is 3.38. The maximum absolute atomic E-state index is 5.84. The monoisotopic (exact) mass is 196 g/mol. The molecule has 0 aromatic heterocycles. The molecular weight excluding hydrogens is 182 g/mol. The lowest BCUT2D eigenvalue weighted by Crippen LogP contribution is -2.17. The molecule has 0 unspecified atom stereocenters. The second-order valence-electron chi connectivity index (χ2n) is 3.17. The first-order valence-corrected chi connectivity index (χ1v) is 5.00. The van der Waals surface area contributed by atoms with Gasteiger partial charge in [-0.2, -0.15) is 0 Å². The molecule has 0 fully saturated rings. The molecule has 1 aromatic carbocycles. The van der Waals surface area contributed by atoms with E-state index >= 15 is 0 Å². The lowest BCUT2D eigenvalue weighted by atomic mass is 10.2. The van der Waals surface area contributed by atoms with Crippen molar-refractivity contribution in [2.45, 2.75) is 19.8 Å². The number of hydrogen-bond donors (Lipinski definition) is 0. The molecule has 1 aromatic rings. The van der Waals surface area contributed by atoms with Crippen LogP contribution in [0.5, 0.6) is 0 Å². The maximum atomic E-state index is 5.84. The molecule has 0 amide bonds. The van der Waals surface area contributed by atoms with Gasteiger partial charge in [-0.1, -0.05) is 31.0 Å². The van der Waals surface area contributed by atoms with Crippen molar-refractivity contribution >= 4 is 17.3 Å². The van der Waals surface area contributed by atoms with Crippen molar-refractivity contribution in [3.05, 3.63) is 29.3 Å². The van der Waals surface area contributed by atoms with Crippen molar-refractivity contribution in [1.82, 2.24) is 0 Å². The molecular formula is C11H15ClN. The van der Waals surface area contributed by atoms with Crippen LogP contribution in [0, 0.1) is 6.07 Å². The standard InChI is InChI=1S/C11H15ClN/c1-3-4-8-13(2)11-7-5-6-10(12)9-11/h5,7,9H,3-4,8H2,1-2H3. The summed E-state index contributed by atoms with van der Waals surface area (Å²) in [6.45, 7) is 3.27. The van der Waals surface area contributed by atoms with Gasteiger partial charge in [0.05, 0.1) is 5.02 Å². The Hall–Kier alpha value is -0.690. The van der Waals surface area contributed by atoms with E-state index in [0.717, 1.165) is 12.2 Å². The van der Waals surface area contributed by atoms with Gasteiger partial charge in [-0.25, -0.2) is 0 Å². The molecule has 0 atom stereocenters. The van der Waals surface area contributed by atoms with Crippen LogP contribution in [-0.4, -0.2) is 13.6 Å². The van der Waals surface area contributed by atoms with Gasteiger partial charge in [0.2, 0.25) is 0 Å². The number of rotatable bonds is 4. The number of unbranched alkanes of at least 4 members (excludes halogenated alkanes) is 1. The van der Waals surface area contributed by atoms with Crippen LogP contribution < -0.4 is 4.90 Å². The first-order valence-electron chi connectivity index (χ1n) is 4.62. The molecule has 71 valence electrons. The van der Waals surface area contributed by atoms with E-state index in [1.54, 1.807) is 0 Å². The molecule has 0 aliphatic heterocycles. The van der Waals surface area contributed by atoms with Gasteiger partial charge in [0.15, 0.2) is 0 Å². The fourth-order valence-corrected chi connectivity index (χ4v) is 1.36. The molecule has 0 N–H and O–H groups in total. The minimum atomic E-state index is 0.681. The van der Waals surface area contributed by atoms with Crippen LogP contribution in [-0.2, 0) is 0 Å². The minimum absolute atomic E-state index is 0.681. The van der Waals surface area contributed by atoms with Crippen LogP contribution in [0.15, 0.2) is 18.2 Å². The lowest BCUT2D eigenvalue weighted by molar-refractivity contribution is 0.767. The van der Waals surface area contributed by atoms with E-state index in [0.29, 0.717) is 5.02 Å². The Morgan fingerprint density at radius 2 is 2.31 bits per heavy atom. The quantitative estimate of drug-likeness (QED) is 0.714. The van der Waals surface area contributed by atoms with Crippen molar-refractivity contribution < 1.29 is 0 Å². The van der Waals surface area contributed by atoms with Crippen molar-refractivity contribution in [3.63, 3.8) is 0 Å². The molecule has 0 bridgehead atoms. The van der Waals surface area contributed by atoms with Gasteiger partial charge in [-0.3, -0.25) is 0 Å². The average molecular weight is 197 g/mol. The van der Waals surface area contributed by atoms with E-state index in [-0.39, 0.29) is 0 Å². The zero-order chi connectivity index (χ0) is 9.68. The van der Waals surface area contributed by atoms with E-state index in [2.05, 4.69) is 24.9 Å². The highest BCUT2D eigenvalue weighted by molar-refractivity contribution is 6.30. The average Bonchev–Trinajstić information content (AvgIpc) is 2.14. The normalized spacial score (nSPS) is 10.1. The minimum Gasteiger partial charge on any atom is -0.375 e. The second-order valence-corrected chi connectivity index (χ2v) is 3.58. The Bertz CT molecular complexity index is 260. The molecule has 0 aliphatic carbocycles. The zero-order valence-electron chi connectivity index (χ0n) is 8.18. The Labute approximate surface area is 85.3 Å². The van der Waals surface area contributed by atoms with E-state index in [1.807, 2.05) is 18.2 Å². The van der Waals surface area contributed by atoms with Crippen molar-refractivity contribution in [2.24, 2.45) is 0 Å². The number of benzene rings is 1. The van der Waals surface area contributed by atoms with Gasteiger partial charge in [0.1, 0.15) is 0 Å². The smallest absolute Gasteiger partial charge is 0.0505 e. The van der Waals surface area contributed by atoms with Crippen LogP contribution in [0.1, 0.15) is 19.8 Å². The van der Waals surface area contributed by atoms with Crippen molar-refractivity contribution in [1.29, 1.82) is 0 Å². The van der Waals surface area contributed by atoms with Gasteiger partial charge < -0.3 is 4.90 Å². The third kappa shape index (κ3) is 3.27. The van der Waals surface area contributed by atoms with Gasteiger partial charge in [-0.15, -0.1) is 0 Å². The molecule has 0 saturated heterocycles.